The molecule has 3 N–H and O–H groups in total. The van der Waals surface area contributed by atoms with E-state index in [0.717, 1.165) is 43.1 Å². The van der Waals surface area contributed by atoms with Gasteiger partial charge in [-0.05, 0) is 25.6 Å². The Kier molecular flexibility index (Phi) is 15.3. The van der Waals surface area contributed by atoms with Crippen LogP contribution in [0.1, 0.15) is 12.0 Å². The fourth-order valence-corrected chi connectivity index (χ4v) is 1.86. The van der Waals surface area contributed by atoms with Gasteiger partial charge in [0, 0.05) is 18.7 Å². The molecule has 0 spiro atoms. The Hall–Kier alpha value is -0.720. The number of halogens is 2. The third-order valence-corrected chi connectivity index (χ3v) is 2.80. The number of methoxy groups -OCH3 is 2. The minimum atomic E-state index is 0. The van der Waals surface area contributed by atoms with Crippen LogP contribution in [0.5, 0.6) is 11.5 Å². The maximum Gasteiger partial charge on any atom is 0.165 e. The molecule has 0 aliphatic rings. The van der Waals surface area contributed by atoms with E-state index in [1.807, 2.05) is 18.2 Å². The predicted molar refractivity (Wildman–Crippen MR) is 90.3 cm³/mol. The Labute approximate surface area is 139 Å². The number of aliphatic hydroxyl groups is 1. The van der Waals surface area contributed by atoms with Crippen molar-refractivity contribution in [3.05, 3.63) is 23.8 Å². The SMILES string of the molecule is COc1cccc(CNCCCNCCO)c1OC.Cl.Cl. The lowest BCUT2D eigenvalue weighted by atomic mass is 10.2. The molecular weight excluding hydrogens is 315 g/mol. The van der Waals surface area contributed by atoms with Gasteiger partial charge in [0.25, 0.3) is 0 Å². The summed E-state index contributed by atoms with van der Waals surface area (Å²) in [5, 5.41) is 15.1. The summed E-state index contributed by atoms with van der Waals surface area (Å²) in [7, 11) is 3.29. The van der Waals surface area contributed by atoms with Crippen molar-refractivity contribution >= 4 is 24.8 Å². The second-order valence-electron chi connectivity index (χ2n) is 4.16. The zero-order valence-electron chi connectivity index (χ0n) is 12.6. The third-order valence-electron chi connectivity index (χ3n) is 2.80. The number of hydrogen-bond donors (Lipinski definition) is 3. The molecule has 0 saturated heterocycles. The average molecular weight is 341 g/mol. The number of hydrogen-bond acceptors (Lipinski definition) is 5. The summed E-state index contributed by atoms with van der Waals surface area (Å²) in [6.07, 6.45) is 1.02. The molecule has 0 aliphatic heterocycles. The molecule has 1 aromatic rings. The molecule has 0 amide bonds. The highest BCUT2D eigenvalue weighted by Gasteiger charge is 2.08. The van der Waals surface area contributed by atoms with E-state index < -0.39 is 0 Å². The molecule has 0 unspecified atom stereocenters. The first-order chi connectivity index (χ1) is 9.33. The predicted octanol–water partition coefficient (Wildman–Crippen LogP) is 1.61. The molecule has 1 aromatic carbocycles. The topological polar surface area (TPSA) is 62.8 Å². The van der Waals surface area contributed by atoms with Gasteiger partial charge in [0.2, 0.25) is 0 Å². The van der Waals surface area contributed by atoms with Crippen molar-refractivity contribution in [3.8, 4) is 11.5 Å². The molecule has 0 fully saturated rings. The minimum absolute atomic E-state index is 0. The molecular formula is C14H26Cl2N2O3. The van der Waals surface area contributed by atoms with Gasteiger partial charge in [-0.1, -0.05) is 12.1 Å². The smallest absolute Gasteiger partial charge is 0.165 e. The number of ether oxygens (including phenoxy) is 2. The Balaban J connectivity index is 0. The Bertz CT molecular complexity index is 368. The largest absolute Gasteiger partial charge is 0.493 e. The Morgan fingerprint density at radius 2 is 1.71 bits per heavy atom. The first kappa shape index (κ1) is 22.6. The maximum atomic E-state index is 8.62. The van der Waals surface area contributed by atoms with E-state index in [-0.39, 0.29) is 31.4 Å². The summed E-state index contributed by atoms with van der Waals surface area (Å²) >= 11 is 0. The summed E-state index contributed by atoms with van der Waals surface area (Å²) in [4.78, 5) is 0. The molecule has 5 nitrogen and oxygen atoms in total. The van der Waals surface area contributed by atoms with E-state index in [0.29, 0.717) is 6.54 Å². The van der Waals surface area contributed by atoms with E-state index in [9.17, 15) is 0 Å². The van der Waals surface area contributed by atoms with Gasteiger partial charge in [0.1, 0.15) is 0 Å². The monoisotopic (exact) mass is 340 g/mol. The second-order valence-corrected chi connectivity index (χ2v) is 4.16. The molecule has 21 heavy (non-hydrogen) atoms. The van der Waals surface area contributed by atoms with E-state index in [1.165, 1.54) is 0 Å². The van der Waals surface area contributed by atoms with Gasteiger partial charge < -0.3 is 25.2 Å². The van der Waals surface area contributed by atoms with Gasteiger partial charge in [-0.25, -0.2) is 0 Å². The van der Waals surface area contributed by atoms with Crippen molar-refractivity contribution in [2.24, 2.45) is 0 Å². The summed E-state index contributed by atoms with van der Waals surface area (Å²) in [5.41, 5.74) is 1.09. The first-order valence-electron chi connectivity index (χ1n) is 6.55. The van der Waals surface area contributed by atoms with Gasteiger partial charge in [-0.15, -0.1) is 24.8 Å². The number of para-hydroxylation sites is 1. The zero-order valence-corrected chi connectivity index (χ0v) is 14.2. The summed E-state index contributed by atoms with van der Waals surface area (Å²) in [6.45, 7) is 3.42. The van der Waals surface area contributed by atoms with Gasteiger partial charge >= 0.3 is 0 Å². The van der Waals surface area contributed by atoms with Crippen LogP contribution in [0, 0.1) is 0 Å². The molecule has 0 atom stereocenters. The van der Waals surface area contributed by atoms with Crippen molar-refractivity contribution in [3.63, 3.8) is 0 Å². The fraction of sp³-hybridized carbons (Fsp3) is 0.571. The van der Waals surface area contributed by atoms with E-state index in [1.54, 1.807) is 14.2 Å². The highest BCUT2D eigenvalue weighted by Crippen LogP contribution is 2.30. The summed E-state index contributed by atoms with van der Waals surface area (Å²) in [6, 6.07) is 5.88. The van der Waals surface area contributed by atoms with Gasteiger partial charge in [0.15, 0.2) is 11.5 Å². The average Bonchev–Trinajstić information content (AvgIpc) is 2.45. The minimum Gasteiger partial charge on any atom is -0.493 e. The standard InChI is InChI=1S/C14H24N2O3.2ClH/c1-18-13-6-3-5-12(14(13)19-2)11-16-8-4-7-15-9-10-17;;/h3,5-6,15-17H,4,7-11H2,1-2H3;2*1H. The molecule has 1 rings (SSSR count). The third kappa shape index (κ3) is 8.34. The second kappa shape index (κ2) is 14.2. The quantitative estimate of drug-likeness (QED) is 0.565. The normalized spacial score (nSPS) is 9.48. The van der Waals surface area contributed by atoms with Crippen LogP contribution >= 0.6 is 24.8 Å². The van der Waals surface area contributed by atoms with Crippen LogP contribution in [0.4, 0.5) is 0 Å². The molecule has 0 bridgehead atoms. The highest BCUT2D eigenvalue weighted by atomic mass is 35.5. The molecule has 0 radical (unpaired) electrons. The first-order valence-corrected chi connectivity index (χ1v) is 6.55. The van der Waals surface area contributed by atoms with Crippen molar-refractivity contribution in [2.75, 3.05) is 40.5 Å². The Morgan fingerprint density at radius 1 is 1.00 bits per heavy atom. The molecule has 7 heteroatoms. The molecule has 0 aromatic heterocycles. The molecule has 0 heterocycles. The molecule has 124 valence electrons. The van der Waals surface area contributed by atoms with Crippen LogP contribution in [0.25, 0.3) is 0 Å². The van der Waals surface area contributed by atoms with Crippen LogP contribution in [0.2, 0.25) is 0 Å². The fourth-order valence-electron chi connectivity index (χ4n) is 1.86. The van der Waals surface area contributed by atoms with E-state index in [2.05, 4.69) is 10.6 Å². The number of nitrogens with one attached hydrogen (secondary N) is 2. The van der Waals surface area contributed by atoms with Crippen molar-refractivity contribution in [1.82, 2.24) is 10.6 Å². The molecule has 0 saturated carbocycles. The van der Waals surface area contributed by atoms with E-state index >= 15 is 0 Å². The number of rotatable bonds is 10. The molecule has 0 aliphatic carbocycles. The van der Waals surface area contributed by atoms with Crippen LogP contribution < -0.4 is 20.1 Å². The van der Waals surface area contributed by atoms with Gasteiger partial charge in [-0.2, -0.15) is 0 Å². The van der Waals surface area contributed by atoms with Crippen LogP contribution in [-0.4, -0.2) is 45.6 Å². The lowest BCUT2D eigenvalue weighted by molar-refractivity contribution is 0.292. The lowest BCUT2D eigenvalue weighted by Gasteiger charge is -2.13. The van der Waals surface area contributed by atoms with Gasteiger partial charge in [0.05, 0.1) is 20.8 Å². The van der Waals surface area contributed by atoms with Crippen molar-refractivity contribution < 1.29 is 14.6 Å². The Morgan fingerprint density at radius 3 is 2.33 bits per heavy atom. The van der Waals surface area contributed by atoms with E-state index in [4.69, 9.17) is 14.6 Å². The lowest BCUT2D eigenvalue weighted by Crippen LogP contribution is -2.24. The van der Waals surface area contributed by atoms with Crippen molar-refractivity contribution in [1.29, 1.82) is 0 Å². The maximum absolute atomic E-state index is 8.62. The van der Waals surface area contributed by atoms with Crippen molar-refractivity contribution in [2.45, 2.75) is 13.0 Å². The van der Waals surface area contributed by atoms with Gasteiger partial charge in [-0.3, -0.25) is 0 Å². The van der Waals surface area contributed by atoms with Crippen LogP contribution in [-0.2, 0) is 6.54 Å². The van der Waals surface area contributed by atoms with Crippen LogP contribution in [0.15, 0.2) is 18.2 Å². The zero-order chi connectivity index (χ0) is 13.9. The summed E-state index contributed by atoms with van der Waals surface area (Å²) < 4.78 is 10.6. The summed E-state index contributed by atoms with van der Waals surface area (Å²) in [5.74, 6) is 1.54. The number of aliphatic hydroxyl groups excluding tert-OH is 1. The van der Waals surface area contributed by atoms with Crippen LogP contribution in [0.3, 0.4) is 0 Å². The highest BCUT2D eigenvalue weighted by molar-refractivity contribution is 5.85. The number of benzene rings is 1.